The molecule has 16 rings (SSSR count). The van der Waals surface area contributed by atoms with Gasteiger partial charge in [-0.1, -0.05) is 58.6 Å². The van der Waals surface area contributed by atoms with E-state index in [0.29, 0.717) is 32.0 Å². The first-order valence-corrected chi connectivity index (χ1v) is 38.7. The van der Waals surface area contributed by atoms with E-state index < -0.39 is 32.9 Å². The molecule has 4 N–H and O–H groups in total. The Labute approximate surface area is 717 Å². The van der Waals surface area contributed by atoms with E-state index in [-0.39, 0.29) is 62.9 Å². The highest BCUT2D eigenvalue weighted by molar-refractivity contribution is 9.10. The fourth-order valence-corrected chi connectivity index (χ4v) is 12.5. The molecule has 1 saturated heterocycles. The van der Waals surface area contributed by atoms with Gasteiger partial charge in [0, 0.05) is 175 Å². The minimum atomic E-state index is -1.01. The SMILES string of the molecule is Brc1cnc2c(c1)C=CC2.CNCCN(C)C.COc1cc(F)c([N+](=O)[O-])cc1N.COc1cc(F)c([N+](=O)[O-])cc1Nc1ncc(Cl)c(-c2cnc3c(ccn3C)c2)n1.Clc1ncc(Cl)c(Cl)n1.Cn1ccc2cc(-c3nc(Cl)ncc3Cl)cnc21.Cn1ccc2cc(B3OC(C)(C)C(C)(C)O3)cnc21.Cn1ccc2cc(Br)cnc21. The maximum Gasteiger partial charge on any atom is 0.496 e. The normalized spacial score (nSPS) is 12.6. The number of allylic oxidation sites excluding steroid dienone is 1. The van der Waals surface area contributed by atoms with E-state index in [1.54, 1.807) is 12.4 Å². The van der Waals surface area contributed by atoms with E-state index in [1.165, 1.54) is 49.5 Å². The lowest BCUT2D eigenvalue weighted by atomic mass is 9.80. The number of hydrogen-bond acceptors (Lipinski definition) is 23. The molecule has 2 aliphatic rings. The average molecular weight is 1840 g/mol. The van der Waals surface area contributed by atoms with Crippen molar-refractivity contribution in [3.63, 3.8) is 0 Å². The predicted octanol–water partition coefficient (Wildman–Crippen LogP) is 18.0. The van der Waals surface area contributed by atoms with E-state index in [0.717, 1.165) is 102 Å². The number of nitrogens with zero attached hydrogens (tertiary/aromatic N) is 18. The number of benzene rings is 2. The van der Waals surface area contributed by atoms with Crippen LogP contribution in [0.3, 0.4) is 0 Å². The molecule has 0 spiro atoms. The van der Waals surface area contributed by atoms with Gasteiger partial charge in [-0.2, -0.15) is 8.78 Å². The molecule has 0 amide bonds. The number of rotatable bonds is 12. The van der Waals surface area contributed by atoms with E-state index in [1.807, 2.05) is 127 Å². The maximum atomic E-state index is 13.9. The van der Waals surface area contributed by atoms with Crippen molar-refractivity contribution in [1.29, 1.82) is 0 Å². The molecule has 2 aromatic carbocycles. The van der Waals surface area contributed by atoms with Crippen LogP contribution in [-0.2, 0) is 43.9 Å². The highest BCUT2D eigenvalue weighted by atomic mass is 79.9. The second-order valence-electron chi connectivity index (χ2n) is 26.7. The topological polar surface area (TPSA) is 338 Å². The Balaban J connectivity index is 0.000000159. The number of anilines is 3. The van der Waals surface area contributed by atoms with Gasteiger partial charge in [0.25, 0.3) is 0 Å². The summed E-state index contributed by atoms with van der Waals surface area (Å²) >= 11 is 41.1. The van der Waals surface area contributed by atoms with Crippen molar-refractivity contribution in [2.45, 2.75) is 45.3 Å². The lowest BCUT2D eigenvalue weighted by Gasteiger charge is -2.32. The van der Waals surface area contributed by atoms with Gasteiger partial charge >= 0.3 is 18.5 Å². The lowest BCUT2D eigenvalue weighted by molar-refractivity contribution is -0.387. The molecule has 12 aromatic heterocycles. The maximum absolute atomic E-state index is 13.9. The summed E-state index contributed by atoms with van der Waals surface area (Å²) < 4.78 is 58.5. The zero-order chi connectivity index (χ0) is 85.3. The molecular weight excluding hydrogens is 1770 g/mol. The Morgan fingerprint density at radius 1 is 0.581 bits per heavy atom. The molecule has 0 unspecified atom stereocenters. The van der Waals surface area contributed by atoms with Crippen LogP contribution in [0.2, 0.25) is 30.8 Å². The third-order valence-corrected chi connectivity index (χ3v) is 20.1. The molecule has 40 heteroatoms. The van der Waals surface area contributed by atoms with Crippen molar-refractivity contribution in [3.05, 3.63) is 242 Å². The molecule has 1 fully saturated rings. The second kappa shape index (κ2) is 40.8. The molecule has 29 nitrogen and oxygen atoms in total. The summed E-state index contributed by atoms with van der Waals surface area (Å²) in [7, 11) is 16.2. The number of ether oxygens (including phenoxy) is 2. The van der Waals surface area contributed by atoms with Crippen LogP contribution in [0, 0.1) is 31.9 Å². The third kappa shape index (κ3) is 23.8. The smallest absolute Gasteiger partial charge is 0.494 e. The number of nitrogen functional groups attached to an aromatic ring is 1. The fraction of sp³-hybridized carbons (Fsp3) is 0.234. The summed E-state index contributed by atoms with van der Waals surface area (Å²) in [5.41, 5.74) is 13.1. The molecule has 1 aliphatic carbocycles. The number of nitro benzene ring substituents is 2. The van der Waals surface area contributed by atoms with E-state index in [2.05, 4.69) is 185 Å². The Hall–Kier alpha value is -10.2. The number of nitrogens with one attached hydrogen (secondary N) is 2. The molecule has 0 bridgehead atoms. The van der Waals surface area contributed by atoms with Crippen LogP contribution in [0.5, 0.6) is 11.5 Å². The quantitative estimate of drug-likeness (QED) is 0.0255. The molecule has 1 aliphatic heterocycles. The molecule has 0 atom stereocenters. The minimum Gasteiger partial charge on any atom is -0.494 e. The first kappa shape index (κ1) is 90.7. The van der Waals surface area contributed by atoms with Crippen molar-refractivity contribution >= 4 is 193 Å². The first-order chi connectivity index (χ1) is 55.5. The number of nitro groups is 2. The predicted molar refractivity (Wildman–Crippen MR) is 464 cm³/mol. The van der Waals surface area contributed by atoms with Crippen LogP contribution in [0.1, 0.15) is 39.0 Å². The summed E-state index contributed by atoms with van der Waals surface area (Å²) in [5, 5.41) is 32.9. The Bertz CT molecular complexity index is 5910. The molecule has 0 radical (unpaired) electrons. The highest BCUT2D eigenvalue weighted by Crippen LogP contribution is 2.39. The summed E-state index contributed by atoms with van der Waals surface area (Å²) in [6.45, 7) is 10.4. The standard InChI is InChI=1S/C19H14ClFN6O3.C14H19BN2O2.C12H8Cl2N4.C8H7BrN2.C8H6BrN.C7H7FN2O3.C5H14N2.C4HCl3N2/c1-26-4-3-10-5-11(8-22-18(10)26)17-12(20)9-23-19(25-17)24-14-7-15(27(28)29)13(21)6-16(14)30-2;1-13(2)14(3,4)19-15(18-13)11-8-10-6-7-17(5)12(10)16-9-11;1-18-3-2-7-4-8(5-15-11(7)18)10-9(13)6-16-12(14)17-10;1-11-3-2-6-4-7(9)5-10-8(6)11;9-7-4-6-2-1-3-8(6)10-5-7;1-13-7-2-4(8)6(10(11)12)3-5(7)9;1-6-4-5-7(2)3;5-2-1-8-4(7)9-3(2)6/h3-9H,1-2H3,(H,23,24,25);6-9H,1-5H3;2-6H,1H3;2-5H,1H3;1-2,4-5H,3H2;2-3H,9H2,1H3;6H,4-5H2,1-3H3;1H. The van der Waals surface area contributed by atoms with Crippen molar-refractivity contribution in [3.8, 4) is 34.0 Å². The number of fused-ring (bicyclic) bond motifs is 5. The zero-order valence-corrected chi connectivity index (χ0v) is 72.7. The van der Waals surface area contributed by atoms with Crippen LogP contribution in [0.25, 0.3) is 72.7 Å². The van der Waals surface area contributed by atoms with Gasteiger partial charge < -0.3 is 58.3 Å². The van der Waals surface area contributed by atoms with Crippen LogP contribution in [0.15, 0.2) is 168 Å². The van der Waals surface area contributed by atoms with Crippen LogP contribution < -0.4 is 31.3 Å². The van der Waals surface area contributed by atoms with Gasteiger partial charge in [0.1, 0.15) is 34.1 Å². The average Bonchev–Trinajstić information content (AvgIpc) is 1.63. The Kier molecular flexibility index (Phi) is 31.6. The Morgan fingerprint density at radius 2 is 1.03 bits per heavy atom. The summed E-state index contributed by atoms with van der Waals surface area (Å²) in [4.78, 5) is 67.2. The Morgan fingerprint density at radius 3 is 1.53 bits per heavy atom. The van der Waals surface area contributed by atoms with Gasteiger partial charge in [-0.25, -0.2) is 49.8 Å². The summed E-state index contributed by atoms with van der Waals surface area (Å²) in [5.74, 6) is -1.73. The molecule has 610 valence electrons. The summed E-state index contributed by atoms with van der Waals surface area (Å²) in [6.07, 6.45) is 26.2. The van der Waals surface area contributed by atoms with Gasteiger partial charge in [0.15, 0.2) is 5.15 Å². The van der Waals surface area contributed by atoms with Gasteiger partial charge in [0.2, 0.25) is 28.1 Å². The second-order valence-corrected chi connectivity index (χ2v) is 30.8. The summed E-state index contributed by atoms with van der Waals surface area (Å²) in [6, 6.07) is 21.9. The molecule has 13 heterocycles. The van der Waals surface area contributed by atoms with Crippen molar-refractivity contribution < 1.29 is 37.4 Å². The van der Waals surface area contributed by atoms with Crippen molar-refractivity contribution in [2.75, 3.05) is 59.5 Å². The highest BCUT2D eigenvalue weighted by Gasteiger charge is 2.52. The number of nitrogens with two attached hydrogens (primary N) is 1. The number of halogens is 10. The largest absolute Gasteiger partial charge is 0.496 e. The number of aromatic nitrogens is 15. The number of aryl methyl sites for hydroxylation is 4. The minimum absolute atomic E-state index is 0.0376. The molecule has 14 aromatic rings. The molecule has 0 saturated carbocycles. The number of methoxy groups -OCH3 is 2. The third-order valence-electron chi connectivity index (χ3n) is 17.6. The van der Waals surface area contributed by atoms with E-state index >= 15 is 0 Å². The van der Waals surface area contributed by atoms with Crippen molar-refractivity contribution in [1.82, 2.24) is 83.3 Å². The number of likely N-dealkylation sites (N-methyl/N-ethyl adjacent to an activating group) is 2. The van der Waals surface area contributed by atoms with Gasteiger partial charge in [-0.15, -0.1) is 0 Å². The van der Waals surface area contributed by atoms with E-state index in [4.69, 9.17) is 89.4 Å². The lowest BCUT2D eigenvalue weighted by Crippen LogP contribution is -2.41. The fourth-order valence-electron chi connectivity index (χ4n) is 10.9. The van der Waals surface area contributed by atoms with Gasteiger partial charge in [0.05, 0.1) is 97.4 Å². The number of hydrogen-bond donors (Lipinski definition) is 3. The monoisotopic (exact) mass is 1840 g/mol. The first-order valence-electron chi connectivity index (χ1n) is 34.9. The van der Waals surface area contributed by atoms with Crippen LogP contribution in [0.4, 0.5) is 37.5 Å². The molecular formula is C77H76BBr2Cl6F2N21O8. The zero-order valence-electron chi connectivity index (χ0n) is 65.0. The van der Waals surface area contributed by atoms with E-state index in [9.17, 15) is 29.0 Å². The van der Waals surface area contributed by atoms with Crippen LogP contribution in [-0.4, -0.2) is 155 Å². The number of pyridine rings is 5. The van der Waals surface area contributed by atoms with Crippen LogP contribution >= 0.6 is 101 Å². The molecule has 117 heavy (non-hydrogen) atoms. The van der Waals surface area contributed by atoms with Gasteiger partial charge in [-0.05, 0) is 164 Å². The van der Waals surface area contributed by atoms with Crippen molar-refractivity contribution in [2.24, 2.45) is 28.2 Å². The van der Waals surface area contributed by atoms with Gasteiger partial charge in [-0.3, -0.25) is 25.2 Å².